The van der Waals surface area contributed by atoms with Gasteiger partial charge in [0.1, 0.15) is 0 Å². The molecule has 7 heteroatoms. The quantitative estimate of drug-likeness (QED) is 0.832. The number of amides is 4. The van der Waals surface area contributed by atoms with E-state index in [1.165, 1.54) is 0 Å². The predicted octanol–water partition coefficient (Wildman–Crippen LogP) is 0.680. The van der Waals surface area contributed by atoms with Gasteiger partial charge < -0.3 is 20.4 Å². The molecule has 24 heavy (non-hydrogen) atoms. The molecule has 1 aliphatic heterocycles. The highest BCUT2D eigenvalue weighted by Gasteiger charge is 2.24. The molecule has 1 saturated heterocycles. The maximum Gasteiger partial charge on any atom is 0.317 e. The van der Waals surface area contributed by atoms with E-state index in [1.54, 1.807) is 34.1 Å². The maximum atomic E-state index is 12.2. The lowest BCUT2D eigenvalue weighted by Crippen LogP contribution is -2.54. The van der Waals surface area contributed by atoms with E-state index in [0.29, 0.717) is 38.3 Å². The third kappa shape index (κ3) is 4.97. The Bertz CT molecular complexity index is 568. The molecule has 0 unspecified atom stereocenters. The first kappa shape index (κ1) is 17.8. The summed E-state index contributed by atoms with van der Waals surface area (Å²) < 4.78 is 0. The van der Waals surface area contributed by atoms with Crippen molar-refractivity contribution in [3.63, 3.8) is 0 Å². The summed E-state index contributed by atoms with van der Waals surface area (Å²) in [6.07, 6.45) is 0.894. The number of piperazine rings is 1. The van der Waals surface area contributed by atoms with Gasteiger partial charge in [-0.2, -0.15) is 0 Å². The molecular weight excluding hydrogens is 308 g/mol. The molecule has 1 aromatic carbocycles. The van der Waals surface area contributed by atoms with Gasteiger partial charge in [0.2, 0.25) is 5.91 Å². The summed E-state index contributed by atoms with van der Waals surface area (Å²) in [5.41, 5.74) is 0.530. The minimum atomic E-state index is -0.262. The molecule has 1 heterocycles. The smallest absolute Gasteiger partial charge is 0.317 e. The van der Waals surface area contributed by atoms with Crippen molar-refractivity contribution in [3.8, 4) is 0 Å². The zero-order chi connectivity index (χ0) is 17.4. The van der Waals surface area contributed by atoms with E-state index in [1.807, 2.05) is 13.0 Å². The molecule has 0 aromatic heterocycles. The molecule has 0 aliphatic carbocycles. The van der Waals surface area contributed by atoms with Crippen LogP contribution in [0.5, 0.6) is 0 Å². The number of hydrogen-bond acceptors (Lipinski definition) is 3. The number of nitrogens with zero attached hydrogens (tertiary/aromatic N) is 2. The summed E-state index contributed by atoms with van der Waals surface area (Å²) >= 11 is 0. The van der Waals surface area contributed by atoms with Crippen molar-refractivity contribution in [1.82, 2.24) is 20.4 Å². The van der Waals surface area contributed by atoms with E-state index >= 15 is 0 Å². The summed E-state index contributed by atoms with van der Waals surface area (Å²) in [6.45, 7) is 4.61. The van der Waals surface area contributed by atoms with Crippen LogP contribution >= 0.6 is 0 Å². The monoisotopic (exact) mass is 332 g/mol. The maximum absolute atomic E-state index is 12.2. The van der Waals surface area contributed by atoms with Gasteiger partial charge in [-0.1, -0.05) is 25.1 Å². The summed E-state index contributed by atoms with van der Waals surface area (Å²) in [4.78, 5) is 39.4. The van der Waals surface area contributed by atoms with E-state index < -0.39 is 0 Å². The minimum Gasteiger partial charge on any atom is -0.343 e. The molecule has 0 saturated carbocycles. The molecule has 2 N–H and O–H groups in total. The molecule has 0 radical (unpaired) electrons. The average molecular weight is 332 g/mol. The summed E-state index contributed by atoms with van der Waals surface area (Å²) in [6, 6.07) is 8.71. The van der Waals surface area contributed by atoms with Crippen LogP contribution < -0.4 is 10.6 Å². The van der Waals surface area contributed by atoms with Crippen molar-refractivity contribution in [2.75, 3.05) is 39.3 Å². The van der Waals surface area contributed by atoms with E-state index in [2.05, 4.69) is 10.6 Å². The van der Waals surface area contributed by atoms with Gasteiger partial charge in [0.05, 0.1) is 6.54 Å². The van der Waals surface area contributed by atoms with E-state index in [-0.39, 0.29) is 24.4 Å². The van der Waals surface area contributed by atoms with E-state index in [9.17, 15) is 14.4 Å². The predicted molar refractivity (Wildman–Crippen MR) is 90.6 cm³/mol. The third-order valence-corrected chi connectivity index (χ3v) is 3.88. The standard InChI is InChI=1S/C17H24N4O3/c1-2-8-18-17(24)21-11-9-20(10-12-21)15(22)13-19-16(23)14-6-4-3-5-7-14/h3-7H,2,8-13H2,1H3,(H,18,24)(H,19,23). The number of carbonyl (C=O) groups excluding carboxylic acids is 3. The fourth-order valence-corrected chi connectivity index (χ4v) is 2.46. The van der Waals surface area contributed by atoms with Crippen molar-refractivity contribution in [2.45, 2.75) is 13.3 Å². The van der Waals surface area contributed by atoms with Crippen LogP contribution in [0.3, 0.4) is 0 Å². The number of rotatable bonds is 5. The van der Waals surface area contributed by atoms with E-state index in [0.717, 1.165) is 6.42 Å². The first-order valence-corrected chi connectivity index (χ1v) is 8.25. The Balaban J connectivity index is 1.73. The Hall–Kier alpha value is -2.57. The van der Waals surface area contributed by atoms with E-state index in [4.69, 9.17) is 0 Å². The summed E-state index contributed by atoms with van der Waals surface area (Å²) in [7, 11) is 0. The number of carbonyl (C=O) groups is 3. The molecule has 2 rings (SSSR count). The Labute approximate surface area is 142 Å². The Morgan fingerprint density at radius 1 is 0.958 bits per heavy atom. The normalized spacial score (nSPS) is 14.2. The first-order valence-electron chi connectivity index (χ1n) is 8.25. The van der Waals surface area contributed by atoms with Crippen LogP contribution in [0, 0.1) is 0 Å². The van der Waals surface area contributed by atoms with Gasteiger partial charge >= 0.3 is 6.03 Å². The number of benzene rings is 1. The number of nitrogens with one attached hydrogen (secondary N) is 2. The van der Waals surface area contributed by atoms with Crippen LogP contribution in [-0.4, -0.2) is 66.9 Å². The Kier molecular flexibility index (Phi) is 6.60. The van der Waals surface area contributed by atoms with Gasteiger partial charge in [-0.25, -0.2) is 4.79 Å². The van der Waals surface area contributed by atoms with Gasteiger partial charge in [-0.3, -0.25) is 9.59 Å². The molecular formula is C17H24N4O3. The van der Waals surface area contributed by atoms with Gasteiger partial charge in [0, 0.05) is 38.3 Å². The lowest BCUT2D eigenvalue weighted by Gasteiger charge is -2.34. The molecule has 0 bridgehead atoms. The highest BCUT2D eigenvalue weighted by atomic mass is 16.2. The molecule has 1 fully saturated rings. The van der Waals surface area contributed by atoms with Crippen LogP contribution in [0.2, 0.25) is 0 Å². The van der Waals surface area contributed by atoms with Crippen LogP contribution in [0.15, 0.2) is 30.3 Å². The van der Waals surface area contributed by atoms with Gasteiger partial charge in [0.15, 0.2) is 0 Å². The van der Waals surface area contributed by atoms with Crippen LogP contribution in [0.4, 0.5) is 4.79 Å². The molecule has 0 atom stereocenters. The zero-order valence-corrected chi connectivity index (χ0v) is 14.0. The molecule has 7 nitrogen and oxygen atoms in total. The topological polar surface area (TPSA) is 81.8 Å². The second-order valence-corrected chi connectivity index (χ2v) is 5.65. The molecule has 1 aliphatic rings. The number of hydrogen-bond donors (Lipinski definition) is 2. The van der Waals surface area contributed by atoms with Crippen molar-refractivity contribution in [2.24, 2.45) is 0 Å². The SMILES string of the molecule is CCCNC(=O)N1CCN(C(=O)CNC(=O)c2ccccc2)CC1. The first-order chi connectivity index (χ1) is 11.6. The van der Waals surface area contributed by atoms with Crippen molar-refractivity contribution < 1.29 is 14.4 Å². The van der Waals surface area contributed by atoms with Crippen molar-refractivity contribution >= 4 is 17.8 Å². The highest BCUT2D eigenvalue weighted by Crippen LogP contribution is 2.03. The molecule has 130 valence electrons. The Morgan fingerprint density at radius 2 is 1.58 bits per heavy atom. The largest absolute Gasteiger partial charge is 0.343 e. The fraction of sp³-hybridized carbons (Fsp3) is 0.471. The van der Waals surface area contributed by atoms with Crippen LogP contribution in [0.25, 0.3) is 0 Å². The van der Waals surface area contributed by atoms with Crippen LogP contribution in [0.1, 0.15) is 23.7 Å². The van der Waals surface area contributed by atoms with Crippen molar-refractivity contribution in [1.29, 1.82) is 0 Å². The number of urea groups is 1. The minimum absolute atomic E-state index is 0.0320. The summed E-state index contributed by atoms with van der Waals surface area (Å²) in [5, 5.41) is 5.47. The third-order valence-electron chi connectivity index (χ3n) is 3.88. The van der Waals surface area contributed by atoms with Gasteiger partial charge in [-0.15, -0.1) is 0 Å². The second-order valence-electron chi connectivity index (χ2n) is 5.65. The molecule has 1 aromatic rings. The fourth-order valence-electron chi connectivity index (χ4n) is 2.46. The van der Waals surface area contributed by atoms with Gasteiger partial charge in [0.25, 0.3) is 5.91 Å². The lowest BCUT2D eigenvalue weighted by molar-refractivity contribution is -0.131. The highest BCUT2D eigenvalue weighted by molar-refractivity contribution is 5.96. The van der Waals surface area contributed by atoms with Gasteiger partial charge in [-0.05, 0) is 18.6 Å². The second kappa shape index (κ2) is 8.90. The average Bonchev–Trinajstić information content (AvgIpc) is 2.64. The molecule has 0 spiro atoms. The Morgan fingerprint density at radius 3 is 2.21 bits per heavy atom. The van der Waals surface area contributed by atoms with Crippen molar-refractivity contribution in [3.05, 3.63) is 35.9 Å². The van der Waals surface area contributed by atoms with Crippen LogP contribution in [-0.2, 0) is 4.79 Å². The lowest BCUT2D eigenvalue weighted by atomic mass is 10.2. The molecule has 4 amide bonds. The summed E-state index contributed by atoms with van der Waals surface area (Å²) in [5.74, 6) is -0.394. The zero-order valence-electron chi connectivity index (χ0n) is 14.0.